The minimum Gasteiger partial charge on any atom is -0.353 e. The molecule has 0 radical (unpaired) electrons. The van der Waals surface area contributed by atoms with Crippen LogP contribution in [-0.4, -0.2) is 44.3 Å². The number of likely N-dealkylation sites (tertiary alicyclic amines) is 1. The van der Waals surface area contributed by atoms with Crippen molar-refractivity contribution in [2.24, 2.45) is 5.92 Å². The predicted molar refractivity (Wildman–Crippen MR) is 120 cm³/mol. The Balaban J connectivity index is 1.57. The van der Waals surface area contributed by atoms with E-state index in [4.69, 9.17) is 0 Å². The molecule has 0 aromatic heterocycles. The number of amides is 2. The van der Waals surface area contributed by atoms with Crippen molar-refractivity contribution >= 4 is 27.5 Å². The Hall–Kier alpha value is -2.94. The summed E-state index contributed by atoms with van der Waals surface area (Å²) in [6, 6.07) is 10.8. The molecule has 2 aromatic carbocycles. The molecular formula is C23H28FN3O4S. The van der Waals surface area contributed by atoms with E-state index in [0.717, 1.165) is 18.6 Å². The molecule has 1 atom stereocenters. The molecule has 0 bridgehead atoms. The van der Waals surface area contributed by atoms with Crippen LogP contribution in [0.15, 0.2) is 53.4 Å². The van der Waals surface area contributed by atoms with Gasteiger partial charge in [-0.3, -0.25) is 14.3 Å². The zero-order chi connectivity index (χ0) is 23.3. The molecule has 32 heavy (non-hydrogen) atoms. The Morgan fingerprint density at radius 2 is 1.66 bits per heavy atom. The van der Waals surface area contributed by atoms with Crippen molar-refractivity contribution in [1.82, 2.24) is 10.2 Å². The fraction of sp³-hybridized carbons (Fsp3) is 0.391. The number of hydrogen-bond acceptors (Lipinski definition) is 4. The highest BCUT2D eigenvalue weighted by atomic mass is 32.2. The monoisotopic (exact) mass is 461 g/mol. The third-order valence-electron chi connectivity index (χ3n) is 5.66. The van der Waals surface area contributed by atoms with E-state index in [2.05, 4.69) is 10.0 Å². The van der Waals surface area contributed by atoms with Crippen LogP contribution < -0.4 is 10.0 Å². The zero-order valence-electron chi connectivity index (χ0n) is 18.2. The third-order valence-corrected chi connectivity index (χ3v) is 7.06. The minimum atomic E-state index is -3.86. The lowest BCUT2D eigenvalue weighted by Crippen LogP contribution is -2.44. The number of hydrogen-bond donors (Lipinski definition) is 2. The number of piperidine rings is 1. The van der Waals surface area contributed by atoms with E-state index in [9.17, 15) is 22.4 Å². The summed E-state index contributed by atoms with van der Waals surface area (Å²) in [7, 11) is -3.86. The number of nitrogens with one attached hydrogen (secondary N) is 2. The lowest BCUT2D eigenvalue weighted by molar-refractivity contribution is -0.126. The Morgan fingerprint density at radius 1 is 1.06 bits per heavy atom. The first-order chi connectivity index (χ1) is 15.2. The van der Waals surface area contributed by atoms with Crippen LogP contribution in [0, 0.1) is 11.7 Å². The van der Waals surface area contributed by atoms with Crippen LogP contribution in [0.3, 0.4) is 0 Å². The zero-order valence-corrected chi connectivity index (χ0v) is 19.0. The van der Waals surface area contributed by atoms with E-state index in [1.807, 2.05) is 13.8 Å². The molecule has 1 saturated heterocycles. The summed E-state index contributed by atoms with van der Waals surface area (Å²) in [6.45, 7) is 4.98. The van der Waals surface area contributed by atoms with Crippen molar-refractivity contribution in [2.45, 2.75) is 44.0 Å². The summed E-state index contributed by atoms with van der Waals surface area (Å²) >= 11 is 0. The smallest absolute Gasteiger partial charge is 0.261 e. The van der Waals surface area contributed by atoms with Gasteiger partial charge in [-0.1, -0.05) is 6.92 Å². The molecular weight excluding hydrogens is 433 g/mol. The maximum Gasteiger partial charge on any atom is 0.261 e. The number of anilines is 1. The van der Waals surface area contributed by atoms with Gasteiger partial charge >= 0.3 is 0 Å². The van der Waals surface area contributed by atoms with Gasteiger partial charge in [-0.15, -0.1) is 0 Å². The number of rotatable bonds is 7. The lowest BCUT2D eigenvalue weighted by Gasteiger charge is -2.32. The van der Waals surface area contributed by atoms with E-state index in [1.54, 1.807) is 17.0 Å². The molecule has 7 nitrogen and oxygen atoms in total. The highest BCUT2D eigenvalue weighted by Gasteiger charge is 2.28. The Bertz CT molecular complexity index is 1050. The van der Waals surface area contributed by atoms with Crippen LogP contribution >= 0.6 is 0 Å². The molecule has 2 aromatic rings. The lowest BCUT2D eigenvalue weighted by atomic mass is 9.95. The Labute approximate surface area is 188 Å². The SMILES string of the molecule is CCC(C)NC(=O)C1CCN(C(=O)c2ccc(NS(=O)(=O)c3ccc(F)cc3)cc2)CC1. The number of carbonyl (C=O) groups excluding carboxylic acids is 2. The number of sulfonamides is 1. The van der Waals surface area contributed by atoms with E-state index >= 15 is 0 Å². The second kappa shape index (κ2) is 10.1. The van der Waals surface area contributed by atoms with Gasteiger partial charge < -0.3 is 10.2 Å². The fourth-order valence-electron chi connectivity index (χ4n) is 3.50. The first kappa shape index (κ1) is 23.7. The Kier molecular flexibility index (Phi) is 7.50. The number of nitrogens with zero attached hydrogens (tertiary/aromatic N) is 1. The summed E-state index contributed by atoms with van der Waals surface area (Å²) in [5, 5.41) is 3.00. The van der Waals surface area contributed by atoms with Gasteiger partial charge in [0, 0.05) is 36.3 Å². The molecule has 1 aliphatic rings. The number of halogens is 1. The molecule has 0 aliphatic carbocycles. The molecule has 2 N–H and O–H groups in total. The van der Waals surface area contributed by atoms with Crippen molar-refractivity contribution < 1.29 is 22.4 Å². The van der Waals surface area contributed by atoms with E-state index in [0.29, 0.717) is 37.2 Å². The van der Waals surface area contributed by atoms with Crippen LogP contribution in [0.4, 0.5) is 10.1 Å². The van der Waals surface area contributed by atoms with Crippen molar-refractivity contribution in [3.8, 4) is 0 Å². The summed E-state index contributed by atoms with van der Waals surface area (Å²) in [5.74, 6) is -0.716. The van der Waals surface area contributed by atoms with Gasteiger partial charge in [-0.25, -0.2) is 12.8 Å². The molecule has 0 saturated carbocycles. The van der Waals surface area contributed by atoms with Crippen LogP contribution in [0.2, 0.25) is 0 Å². The van der Waals surface area contributed by atoms with Crippen LogP contribution in [0.1, 0.15) is 43.5 Å². The van der Waals surface area contributed by atoms with Crippen LogP contribution in [0.25, 0.3) is 0 Å². The standard InChI is InChI=1S/C23H28FN3O4S/c1-3-16(2)25-22(28)17-12-14-27(15-13-17)23(29)18-4-8-20(9-5-18)26-32(30,31)21-10-6-19(24)7-11-21/h4-11,16-17,26H,3,12-15H2,1-2H3,(H,25,28). The van der Waals surface area contributed by atoms with E-state index < -0.39 is 15.8 Å². The number of benzene rings is 2. The summed E-state index contributed by atoms with van der Waals surface area (Å²) in [4.78, 5) is 26.8. The van der Waals surface area contributed by atoms with Gasteiger partial charge in [0.25, 0.3) is 15.9 Å². The highest BCUT2D eigenvalue weighted by molar-refractivity contribution is 7.92. The predicted octanol–water partition coefficient (Wildman–Crippen LogP) is 3.39. The molecule has 1 fully saturated rings. The van der Waals surface area contributed by atoms with Crippen molar-refractivity contribution in [3.05, 3.63) is 59.9 Å². The molecule has 172 valence electrons. The van der Waals surface area contributed by atoms with Gasteiger partial charge in [0.1, 0.15) is 5.82 Å². The Morgan fingerprint density at radius 3 is 2.22 bits per heavy atom. The van der Waals surface area contributed by atoms with Crippen LogP contribution in [0.5, 0.6) is 0 Å². The molecule has 9 heteroatoms. The minimum absolute atomic E-state index is 0.0456. The average Bonchev–Trinajstić information content (AvgIpc) is 2.79. The molecule has 3 rings (SSSR count). The topological polar surface area (TPSA) is 95.6 Å². The van der Waals surface area contributed by atoms with E-state index in [-0.39, 0.29) is 28.7 Å². The second-order valence-electron chi connectivity index (χ2n) is 8.02. The van der Waals surface area contributed by atoms with E-state index in [1.165, 1.54) is 24.3 Å². The molecule has 0 spiro atoms. The highest BCUT2D eigenvalue weighted by Crippen LogP contribution is 2.21. The molecule has 1 heterocycles. The first-order valence-corrected chi connectivity index (χ1v) is 12.2. The summed E-state index contributed by atoms with van der Waals surface area (Å²) < 4.78 is 40.3. The summed E-state index contributed by atoms with van der Waals surface area (Å²) in [6.07, 6.45) is 2.10. The van der Waals surface area contributed by atoms with Gasteiger partial charge in [0.15, 0.2) is 0 Å². The maximum atomic E-state index is 13.0. The number of carbonyl (C=O) groups is 2. The van der Waals surface area contributed by atoms with Gasteiger partial charge in [0.2, 0.25) is 5.91 Å². The van der Waals surface area contributed by atoms with Crippen molar-refractivity contribution in [1.29, 1.82) is 0 Å². The molecule has 1 aliphatic heterocycles. The van der Waals surface area contributed by atoms with Gasteiger partial charge in [0.05, 0.1) is 4.90 Å². The van der Waals surface area contributed by atoms with Gasteiger partial charge in [-0.05, 0) is 74.7 Å². The largest absolute Gasteiger partial charge is 0.353 e. The molecule has 1 unspecified atom stereocenters. The summed E-state index contributed by atoms with van der Waals surface area (Å²) in [5.41, 5.74) is 0.739. The molecule has 2 amide bonds. The van der Waals surface area contributed by atoms with Crippen molar-refractivity contribution in [3.63, 3.8) is 0 Å². The normalized spacial score (nSPS) is 15.8. The maximum absolute atomic E-state index is 13.0. The van der Waals surface area contributed by atoms with Gasteiger partial charge in [-0.2, -0.15) is 0 Å². The average molecular weight is 462 g/mol. The second-order valence-corrected chi connectivity index (χ2v) is 9.70. The third kappa shape index (κ3) is 5.85. The quantitative estimate of drug-likeness (QED) is 0.661. The first-order valence-electron chi connectivity index (χ1n) is 10.7. The van der Waals surface area contributed by atoms with Crippen LogP contribution in [-0.2, 0) is 14.8 Å². The van der Waals surface area contributed by atoms with Crippen molar-refractivity contribution in [2.75, 3.05) is 17.8 Å². The fourth-order valence-corrected chi connectivity index (χ4v) is 4.56.